The molecule has 0 fully saturated rings. The second kappa shape index (κ2) is 4.58. The third-order valence-corrected chi connectivity index (χ3v) is 1.85. The molecule has 74 valence electrons. The number of nitrogens with two attached hydrogens (primary N) is 1. The Kier molecular flexibility index (Phi) is 3.43. The summed E-state index contributed by atoms with van der Waals surface area (Å²) in [5.41, 5.74) is 7.49. The van der Waals surface area contributed by atoms with Gasteiger partial charge in [0, 0.05) is 12.6 Å². The Morgan fingerprint density at radius 2 is 2.29 bits per heavy atom. The molecule has 0 spiro atoms. The van der Waals surface area contributed by atoms with E-state index in [1.54, 1.807) is 13.0 Å². The quantitative estimate of drug-likeness (QED) is 0.770. The number of pyridine rings is 1. The number of hydrogen-bond acceptors (Lipinski definition) is 4. The molecule has 0 aliphatic rings. The van der Waals surface area contributed by atoms with Gasteiger partial charge >= 0.3 is 0 Å². The van der Waals surface area contributed by atoms with Crippen molar-refractivity contribution >= 4 is 0 Å². The lowest BCUT2D eigenvalue weighted by Gasteiger charge is -2.07. The van der Waals surface area contributed by atoms with Gasteiger partial charge in [0.15, 0.2) is 0 Å². The van der Waals surface area contributed by atoms with E-state index in [-0.39, 0.29) is 0 Å². The normalized spacial score (nSPS) is 9.57. The van der Waals surface area contributed by atoms with E-state index in [0.29, 0.717) is 30.3 Å². The highest BCUT2D eigenvalue weighted by Gasteiger charge is 2.06. The van der Waals surface area contributed by atoms with Gasteiger partial charge in [0.05, 0.1) is 11.3 Å². The molecule has 1 rings (SSSR count). The minimum Gasteiger partial charge on any atom is -0.476 e. The van der Waals surface area contributed by atoms with Gasteiger partial charge in [-0.25, -0.2) is 4.98 Å². The Morgan fingerprint density at radius 3 is 2.79 bits per heavy atom. The Labute approximate surface area is 83.3 Å². The van der Waals surface area contributed by atoms with Crippen LogP contribution in [0.25, 0.3) is 0 Å². The van der Waals surface area contributed by atoms with Crippen molar-refractivity contribution in [1.82, 2.24) is 4.98 Å². The van der Waals surface area contributed by atoms with Crippen LogP contribution in [-0.2, 0) is 0 Å². The summed E-state index contributed by atoms with van der Waals surface area (Å²) in [6, 6.07) is 3.86. The average Bonchev–Trinajstić information content (AvgIpc) is 2.14. The van der Waals surface area contributed by atoms with Crippen LogP contribution in [0, 0.1) is 25.2 Å². The first-order valence-corrected chi connectivity index (χ1v) is 4.40. The Balaban J connectivity index is 2.97. The van der Waals surface area contributed by atoms with Crippen molar-refractivity contribution in [3.63, 3.8) is 0 Å². The molecule has 1 aromatic heterocycles. The summed E-state index contributed by atoms with van der Waals surface area (Å²) >= 11 is 0. The van der Waals surface area contributed by atoms with Crippen LogP contribution >= 0.6 is 0 Å². The van der Waals surface area contributed by atoms with Crippen LogP contribution in [0.15, 0.2) is 6.07 Å². The molecule has 0 aromatic carbocycles. The van der Waals surface area contributed by atoms with Crippen LogP contribution in [0.5, 0.6) is 5.88 Å². The van der Waals surface area contributed by atoms with E-state index in [1.165, 1.54) is 0 Å². The first-order valence-electron chi connectivity index (χ1n) is 4.40. The lowest BCUT2D eigenvalue weighted by atomic mass is 10.1. The number of ether oxygens (including phenoxy) is 1. The highest BCUT2D eigenvalue weighted by atomic mass is 16.5. The summed E-state index contributed by atoms with van der Waals surface area (Å²) in [5.74, 6) is 0.532. The molecule has 0 atom stereocenters. The van der Waals surface area contributed by atoms with Crippen LogP contribution < -0.4 is 10.5 Å². The van der Waals surface area contributed by atoms with Gasteiger partial charge < -0.3 is 10.5 Å². The lowest BCUT2D eigenvalue weighted by Crippen LogP contribution is -2.11. The van der Waals surface area contributed by atoms with Gasteiger partial charge in [-0.3, -0.25) is 0 Å². The fraction of sp³-hybridized carbons (Fsp3) is 0.400. The van der Waals surface area contributed by atoms with E-state index in [4.69, 9.17) is 15.7 Å². The Morgan fingerprint density at radius 1 is 1.57 bits per heavy atom. The number of nitriles is 1. The minimum absolute atomic E-state index is 0.442. The second-order valence-corrected chi connectivity index (χ2v) is 2.99. The standard InChI is InChI=1S/C10H13N3O/c1-7-5-10(14-4-3-11)13-8(2)9(7)6-12/h5H,3-4,11H2,1-2H3. The fourth-order valence-corrected chi connectivity index (χ4v) is 1.20. The third kappa shape index (κ3) is 2.21. The van der Waals surface area contributed by atoms with Gasteiger partial charge in [-0.05, 0) is 19.4 Å². The molecular formula is C10H13N3O. The van der Waals surface area contributed by atoms with E-state index < -0.39 is 0 Å². The van der Waals surface area contributed by atoms with Gasteiger partial charge in [-0.1, -0.05) is 0 Å². The summed E-state index contributed by atoms with van der Waals surface area (Å²) in [5, 5.41) is 8.82. The van der Waals surface area contributed by atoms with Crippen LogP contribution in [0.3, 0.4) is 0 Å². The maximum atomic E-state index is 8.82. The van der Waals surface area contributed by atoms with E-state index in [1.807, 2.05) is 6.92 Å². The summed E-state index contributed by atoms with van der Waals surface area (Å²) in [6.45, 7) is 4.56. The molecule has 0 aliphatic carbocycles. The molecule has 0 saturated carbocycles. The SMILES string of the molecule is Cc1cc(OCCN)nc(C)c1C#N. The van der Waals surface area contributed by atoms with Crippen LogP contribution in [0.1, 0.15) is 16.8 Å². The van der Waals surface area contributed by atoms with Crippen molar-refractivity contribution in [3.8, 4) is 11.9 Å². The number of nitrogens with zero attached hydrogens (tertiary/aromatic N) is 2. The van der Waals surface area contributed by atoms with Gasteiger partial charge in [0.25, 0.3) is 0 Å². The monoisotopic (exact) mass is 191 g/mol. The predicted molar refractivity (Wildman–Crippen MR) is 53.0 cm³/mol. The summed E-state index contributed by atoms with van der Waals surface area (Å²) in [7, 11) is 0. The maximum absolute atomic E-state index is 8.82. The van der Waals surface area contributed by atoms with Crippen molar-refractivity contribution < 1.29 is 4.74 Å². The first kappa shape index (κ1) is 10.5. The van der Waals surface area contributed by atoms with Gasteiger partial charge in [0.1, 0.15) is 12.7 Å². The van der Waals surface area contributed by atoms with Gasteiger partial charge in [-0.15, -0.1) is 0 Å². The minimum atomic E-state index is 0.442. The summed E-state index contributed by atoms with van der Waals surface area (Å²) in [6.07, 6.45) is 0. The molecule has 0 unspecified atom stereocenters. The predicted octanol–water partition coefficient (Wildman–Crippen LogP) is 0.908. The van der Waals surface area contributed by atoms with Crippen molar-refractivity contribution in [1.29, 1.82) is 5.26 Å². The molecule has 4 heteroatoms. The zero-order chi connectivity index (χ0) is 10.6. The molecule has 0 amide bonds. The molecule has 2 N–H and O–H groups in total. The topological polar surface area (TPSA) is 71.9 Å². The van der Waals surface area contributed by atoms with Crippen molar-refractivity contribution in [2.24, 2.45) is 5.73 Å². The molecule has 0 saturated heterocycles. The third-order valence-electron chi connectivity index (χ3n) is 1.85. The first-order chi connectivity index (χ1) is 6.69. The van der Waals surface area contributed by atoms with Crippen molar-refractivity contribution in [2.45, 2.75) is 13.8 Å². The molecule has 4 nitrogen and oxygen atoms in total. The Bertz CT molecular complexity index is 345. The maximum Gasteiger partial charge on any atom is 0.213 e. The largest absolute Gasteiger partial charge is 0.476 e. The zero-order valence-electron chi connectivity index (χ0n) is 8.37. The fourth-order valence-electron chi connectivity index (χ4n) is 1.20. The molecular weight excluding hydrogens is 178 g/mol. The molecule has 0 aliphatic heterocycles. The summed E-state index contributed by atoms with van der Waals surface area (Å²) in [4.78, 5) is 4.14. The number of aromatic nitrogens is 1. The second-order valence-electron chi connectivity index (χ2n) is 2.99. The number of hydrogen-bond donors (Lipinski definition) is 1. The zero-order valence-corrected chi connectivity index (χ0v) is 8.37. The van der Waals surface area contributed by atoms with E-state index in [0.717, 1.165) is 5.56 Å². The molecule has 14 heavy (non-hydrogen) atoms. The smallest absolute Gasteiger partial charge is 0.213 e. The van der Waals surface area contributed by atoms with E-state index in [9.17, 15) is 0 Å². The van der Waals surface area contributed by atoms with Crippen LogP contribution in [0.4, 0.5) is 0 Å². The van der Waals surface area contributed by atoms with Crippen molar-refractivity contribution in [2.75, 3.05) is 13.2 Å². The average molecular weight is 191 g/mol. The van der Waals surface area contributed by atoms with Crippen LogP contribution in [0.2, 0.25) is 0 Å². The molecule has 1 heterocycles. The van der Waals surface area contributed by atoms with Crippen LogP contribution in [-0.4, -0.2) is 18.1 Å². The lowest BCUT2D eigenvalue weighted by molar-refractivity contribution is 0.315. The highest BCUT2D eigenvalue weighted by Crippen LogP contribution is 2.16. The van der Waals surface area contributed by atoms with Crippen molar-refractivity contribution in [3.05, 3.63) is 22.9 Å². The number of rotatable bonds is 3. The molecule has 0 radical (unpaired) electrons. The molecule has 0 bridgehead atoms. The summed E-state index contributed by atoms with van der Waals surface area (Å²) < 4.78 is 5.27. The molecule has 1 aromatic rings. The van der Waals surface area contributed by atoms with Gasteiger partial charge in [0.2, 0.25) is 5.88 Å². The van der Waals surface area contributed by atoms with Gasteiger partial charge in [-0.2, -0.15) is 5.26 Å². The van der Waals surface area contributed by atoms with E-state index >= 15 is 0 Å². The number of aryl methyl sites for hydroxylation is 2. The Hall–Kier alpha value is -1.60. The van der Waals surface area contributed by atoms with E-state index in [2.05, 4.69) is 11.1 Å². The highest BCUT2D eigenvalue weighted by molar-refractivity contribution is 5.42.